The fourth-order valence-corrected chi connectivity index (χ4v) is 1.91. The normalized spacial score (nSPS) is 12.0. The molecular weight excluding hydrogens is 286 g/mol. The summed E-state index contributed by atoms with van der Waals surface area (Å²) in [7, 11) is 0. The van der Waals surface area contributed by atoms with Crippen molar-refractivity contribution in [1.82, 2.24) is 5.32 Å². The standard InChI is InChI=1S/C16H23NO5/c1-11(2)22-13-8-6-12(7-9-13)4-3-5-15(19)17-14(10-18)16(20)21/h6-9,11,14,18H,3-5,10H2,1-2H3,(H,17,19)(H,20,21). The van der Waals surface area contributed by atoms with Gasteiger partial charge in [0.15, 0.2) is 0 Å². The van der Waals surface area contributed by atoms with Crippen LogP contribution in [-0.2, 0) is 16.0 Å². The van der Waals surface area contributed by atoms with E-state index in [0.717, 1.165) is 11.3 Å². The molecule has 0 aliphatic rings. The SMILES string of the molecule is CC(C)Oc1ccc(CCCC(=O)NC(CO)C(=O)O)cc1. The largest absolute Gasteiger partial charge is 0.491 e. The van der Waals surface area contributed by atoms with E-state index in [1.807, 2.05) is 38.1 Å². The Morgan fingerprint density at radius 3 is 2.36 bits per heavy atom. The Hall–Kier alpha value is -2.08. The quantitative estimate of drug-likeness (QED) is 0.640. The number of aliphatic hydroxyl groups is 1. The summed E-state index contributed by atoms with van der Waals surface area (Å²) in [4.78, 5) is 22.3. The van der Waals surface area contributed by atoms with E-state index in [1.54, 1.807) is 0 Å². The van der Waals surface area contributed by atoms with Crippen molar-refractivity contribution >= 4 is 11.9 Å². The van der Waals surface area contributed by atoms with E-state index in [2.05, 4.69) is 5.32 Å². The van der Waals surface area contributed by atoms with Crippen molar-refractivity contribution in [3.63, 3.8) is 0 Å². The lowest BCUT2D eigenvalue weighted by molar-refractivity contribution is -0.142. The minimum atomic E-state index is -1.24. The van der Waals surface area contributed by atoms with Crippen molar-refractivity contribution < 1.29 is 24.5 Å². The number of ether oxygens (including phenoxy) is 1. The van der Waals surface area contributed by atoms with Crippen molar-refractivity contribution in [2.75, 3.05) is 6.61 Å². The van der Waals surface area contributed by atoms with E-state index in [1.165, 1.54) is 0 Å². The molecule has 0 heterocycles. The number of aryl methyl sites for hydroxylation is 1. The molecule has 0 radical (unpaired) electrons. The van der Waals surface area contributed by atoms with Crippen LogP contribution in [0.15, 0.2) is 24.3 Å². The summed E-state index contributed by atoms with van der Waals surface area (Å²) in [6, 6.07) is 6.44. The van der Waals surface area contributed by atoms with Crippen LogP contribution >= 0.6 is 0 Å². The van der Waals surface area contributed by atoms with Crippen molar-refractivity contribution in [3.8, 4) is 5.75 Å². The molecule has 1 aromatic rings. The highest BCUT2D eigenvalue weighted by Crippen LogP contribution is 2.15. The molecule has 0 bridgehead atoms. The number of rotatable bonds is 9. The van der Waals surface area contributed by atoms with Crippen LogP contribution in [0.25, 0.3) is 0 Å². The smallest absolute Gasteiger partial charge is 0.328 e. The van der Waals surface area contributed by atoms with Crippen molar-refractivity contribution in [2.45, 2.75) is 45.3 Å². The van der Waals surface area contributed by atoms with Gasteiger partial charge in [-0.05, 0) is 44.4 Å². The molecule has 0 spiro atoms. The average molecular weight is 309 g/mol. The number of aliphatic hydroxyl groups excluding tert-OH is 1. The summed E-state index contributed by atoms with van der Waals surface area (Å²) in [6.45, 7) is 3.31. The van der Waals surface area contributed by atoms with E-state index in [0.29, 0.717) is 12.8 Å². The lowest BCUT2D eigenvalue weighted by Crippen LogP contribution is -2.43. The molecule has 0 aromatic heterocycles. The summed E-state index contributed by atoms with van der Waals surface area (Å²) < 4.78 is 5.55. The highest BCUT2D eigenvalue weighted by Gasteiger charge is 2.18. The Labute approximate surface area is 130 Å². The van der Waals surface area contributed by atoms with Gasteiger partial charge in [-0.15, -0.1) is 0 Å². The van der Waals surface area contributed by atoms with Gasteiger partial charge in [0.2, 0.25) is 5.91 Å². The van der Waals surface area contributed by atoms with Crippen molar-refractivity contribution in [1.29, 1.82) is 0 Å². The number of carbonyl (C=O) groups is 2. The van der Waals surface area contributed by atoms with Crippen LogP contribution in [0.2, 0.25) is 0 Å². The summed E-state index contributed by atoms with van der Waals surface area (Å²) >= 11 is 0. The van der Waals surface area contributed by atoms with Gasteiger partial charge in [-0.2, -0.15) is 0 Å². The number of hydrogen-bond acceptors (Lipinski definition) is 4. The zero-order valence-electron chi connectivity index (χ0n) is 12.9. The Morgan fingerprint density at radius 2 is 1.86 bits per heavy atom. The Kier molecular flexibility index (Phi) is 7.39. The van der Waals surface area contributed by atoms with Crippen LogP contribution in [0.4, 0.5) is 0 Å². The van der Waals surface area contributed by atoms with E-state index in [9.17, 15) is 9.59 Å². The lowest BCUT2D eigenvalue weighted by Gasteiger charge is -2.12. The molecule has 0 saturated carbocycles. The molecular formula is C16H23NO5. The van der Waals surface area contributed by atoms with E-state index in [4.69, 9.17) is 14.9 Å². The molecule has 6 nitrogen and oxygen atoms in total. The molecule has 0 fully saturated rings. The zero-order valence-corrected chi connectivity index (χ0v) is 12.9. The highest BCUT2D eigenvalue weighted by atomic mass is 16.5. The average Bonchev–Trinajstić information content (AvgIpc) is 2.45. The second-order valence-electron chi connectivity index (χ2n) is 5.31. The van der Waals surface area contributed by atoms with Crippen LogP contribution in [0.3, 0.4) is 0 Å². The molecule has 22 heavy (non-hydrogen) atoms. The van der Waals surface area contributed by atoms with Gasteiger partial charge in [0.1, 0.15) is 11.8 Å². The van der Waals surface area contributed by atoms with Crippen LogP contribution in [0, 0.1) is 0 Å². The zero-order chi connectivity index (χ0) is 16.5. The van der Waals surface area contributed by atoms with Crippen molar-refractivity contribution in [3.05, 3.63) is 29.8 Å². The third-order valence-corrected chi connectivity index (χ3v) is 2.98. The number of benzene rings is 1. The summed E-state index contributed by atoms with van der Waals surface area (Å²) in [5.74, 6) is -0.804. The topological polar surface area (TPSA) is 95.9 Å². The first-order valence-electron chi connectivity index (χ1n) is 7.31. The molecule has 1 amide bonds. The Morgan fingerprint density at radius 1 is 1.23 bits per heavy atom. The van der Waals surface area contributed by atoms with Gasteiger partial charge >= 0.3 is 5.97 Å². The Bertz CT molecular complexity index is 484. The first kappa shape index (κ1) is 18.0. The second kappa shape index (κ2) is 9.04. The first-order chi connectivity index (χ1) is 10.4. The number of carboxylic acid groups (broad SMARTS) is 1. The second-order valence-corrected chi connectivity index (χ2v) is 5.31. The molecule has 0 aliphatic heterocycles. The van der Waals surface area contributed by atoms with Gasteiger partial charge < -0.3 is 20.3 Å². The third kappa shape index (κ3) is 6.58. The molecule has 0 saturated heterocycles. The highest BCUT2D eigenvalue weighted by molar-refractivity contribution is 5.83. The minimum Gasteiger partial charge on any atom is -0.491 e. The minimum absolute atomic E-state index is 0.128. The lowest BCUT2D eigenvalue weighted by atomic mass is 10.1. The summed E-state index contributed by atoms with van der Waals surface area (Å²) in [5.41, 5.74) is 1.08. The molecule has 1 rings (SSSR count). The molecule has 3 N–H and O–H groups in total. The number of carboxylic acids is 1. The van der Waals surface area contributed by atoms with Crippen molar-refractivity contribution in [2.24, 2.45) is 0 Å². The van der Waals surface area contributed by atoms with E-state index < -0.39 is 18.6 Å². The first-order valence-corrected chi connectivity index (χ1v) is 7.31. The number of hydrogen-bond donors (Lipinski definition) is 3. The van der Waals surface area contributed by atoms with Gasteiger partial charge in [0, 0.05) is 6.42 Å². The number of nitrogens with one attached hydrogen (secondary N) is 1. The van der Waals surface area contributed by atoms with Crippen LogP contribution in [0.5, 0.6) is 5.75 Å². The Balaban J connectivity index is 2.34. The summed E-state index contributed by atoms with van der Waals surface area (Å²) in [6.07, 6.45) is 1.66. The van der Waals surface area contributed by atoms with Gasteiger partial charge in [-0.25, -0.2) is 4.79 Å². The van der Waals surface area contributed by atoms with Gasteiger partial charge in [-0.3, -0.25) is 4.79 Å². The fraction of sp³-hybridized carbons (Fsp3) is 0.500. The van der Waals surface area contributed by atoms with E-state index in [-0.39, 0.29) is 18.4 Å². The number of aliphatic carboxylic acids is 1. The monoisotopic (exact) mass is 309 g/mol. The number of amides is 1. The third-order valence-electron chi connectivity index (χ3n) is 2.98. The molecule has 122 valence electrons. The van der Waals surface area contributed by atoms with Gasteiger partial charge in [0.05, 0.1) is 12.7 Å². The van der Waals surface area contributed by atoms with Crippen LogP contribution in [-0.4, -0.2) is 40.8 Å². The summed E-state index contributed by atoms with van der Waals surface area (Å²) in [5, 5.41) is 19.8. The number of carbonyl (C=O) groups excluding carboxylic acids is 1. The molecule has 1 atom stereocenters. The van der Waals surface area contributed by atoms with E-state index >= 15 is 0 Å². The maximum atomic E-state index is 11.6. The maximum absolute atomic E-state index is 11.6. The predicted octanol–water partition coefficient (Wildman–Crippen LogP) is 1.36. The molecule has 1 unspecified atom stereocenters. The van der Waals surface area contributed by atoms with Gasteiger partial charge in [-0.1, -0.05) is 12.1 Å². The molecule has 0 aliphatic carbocycles. The predicted molar refractivity (Wildman–Crippen MR) is 81.8 cm³/mol. The van der Waals surface area contributed by atoms with Crippen LogP contribution < -0.4 is 10.1 Å². The molecule has 6 heteroatoms. The van der Waals surface area contributed by atoms with Crippen LogP contribution in [0.1, 0.15) is 32.3 Å². The van der Waals surface area contributed by atoms with Gasteiger partial charge in [0.25, 0.3) is 0 Å². The maximum Gasteiger partial charge on any atom is 0.328 e. The fourth-order valence-electron chi connectivity index (χ4n) is 1.91. The molecule has 1 aromatic carbocycles.